The Morgan fingerprint density at radius 1 is 1.10 bits per heavy atom. The van der Waals surface area contributed by atoms with Crippen LogP contribution in [-0.4, -0.2) is 8.07 Å². The SMILES string of the molecule is CC[Si](C)(CC)CC(C)C. The fourth-order valence-electron chi connectivity index (χ4n) is 1.52. The first kappa shape index (κ1) is 10.2. The van der Waals surface area contributed by atoms with Crippen LogP contribution in [-0.2, 0) is 0 Å². The molecule has 0 fully saturated rings. The minimum absolute atomic E-state index is 0.760. The standard InChI is InChI=1S/C9H22Si/c1-6-10(5,7-2)8-9(3)4/h9H,6-8H2,1-5H3. The van der Waals surface area contributed by atoms with Gasteiger partial charge in [-0.05, 0) is 5.92 Å². The van der Waals surface area contributed by atoms with Gasteiger partial charge in [0.05, 0.1) is 8.07 Å². The zero-order valence-corrected chi connectivity index (χ0v) is 9.20. The van der Waals surface area contributed by atoms with Crippen molar-refractivity contribution in [2.45, 2.75) is 52.4 Å². The van der Waals surface area contributed by atoms with Gasteiger partial charge in [0.1, 0.15) is 0 Å². The maximum Gasteiger partial charge on any atom is 0.0501 e. The Morgan fingerprint density at radius 3 is 1.60 bits per heavy atom. The zero-order chi connectivity index (χ0) is 8.20. The van der Waals surface area contributed by atoms with E-state index in [4.69, 9.17) is 0 Å². The molecule has 0 aromatic heterocycles. The maximum atomic E-state index is 2.53. The van der Waals surface area contributed by atoms with E-state index in [1.54, 1.807) is 0 Å². The van der Waals surface area contributed by atoms with Gasteiger partial charge in [0.15, 0.2) is 0 Å². The Hall–Kier alpha value is 0.217. The largest absolute Gasteiger partial charge is 0.0692 e. The van der Waals surface area contributed by atoms with Crippen molar-refractivity contribution < 1.29 is 0 Å². The molecule has 0 aromatic carbocycles. The highest BCUT2D eigenvalue weighted by molar-refractivity contribution is 6.78. The second-order valence-corrected chi connectivity index (χ2v) is 9.56. The highest BCUT2D eigenvalue weighted by Gasteiger charge is 2.22. The molecule has 0 aliphatic rings. The third-order valence-electron chi connectivity index (χ3n) is 2.61. The van der Waals surface area contributed by atoms with Crippen molar-refractivity contribution >= 4 is 8.07 Å². The van der Waals surface area contributed by atoms with Crippen molar-refractivity contribution in [1.29, 1.82) is 0 Å². The maximum absolute atomic E-state index is 2.53. The van der Waals surface area contributed by atoms with Crippen molar-refractivity contribution in [3.63, 3.8) is 0 Å². The molecule has 10 heavy (non-hydrogen) atoms. The molecule has 0 N–H and O–H groups in total. The van der Waals surface area contributed by atoms with Crippen LogP contribution in [0.3, 0.4) is 0 Å². The van der Waals surface area contributed by atoms with Gasteiger partial charge in [-0.3, -0.25) is 0 Å². The van der Waals surface area contributed by atoms with Crippen molar-refractivity contribution in [2.24, 2.45) is 5.92 Å². The Morgan fingerprint density at radius 2 is 1.50 bits per heavy atom. The predicted molar refractivity (Wildman–Crippen MR) is 52.2 cm³/mol. The normalized spacial score (nSPS) is 12.6. The molecule has 0 aromatic rings. The summed E-state index contributed by atoms with van der Waals surface area (Å²) in [6.07, 6.45) is 0. The molecular formula is C9H22Si. The van der Waals surface area contributed by atoms with Crippen LogP contribution >= 0.6 is 0 Å². The first-order valence-electron chi connectivity index (χ1n) is 4.54. The van der Waals surface area contributed by atoms with E-state index in [9.17, 15) is 0 Å². The molecule has 0 saturated carbocycles. The first-order chi connectivity index (χ1) is 4.54. The monoisotopic (exact) mass is 158 g/mol. The summed E-state index contributed by atoms with van der Waals surface area (Å²) >= 11 is 0. The second-order valence-electron chi connectivity index (χ2n) is 4.12. The molecular weight excluding hydrogens is 136 g/mol. The lowest BCUT2D eigenvalue weighted by Gasteiger charge is -2.26. The van der Waals surface area contributed by atoms with Gasteiger partial charge in [-0.2, -0.15) is 0 Å². The summed E-state index contributed by atoms with van der Waals surface area (Å²) in [6, 6.07) is 4.43. The minimum atomic E-state index is -0.760. The molecule has 0 aliphatic heterocycles. The van der Waals surface area contributed by atoms with Crippen LogP contribution in [0.1, 0.15) is 27.7 Å². The summed E-state index contributed by atoms with van der Waals surface area (Å²) in [4.78, 5) is 0. The van der Waals surface area contributed by atoms with Crippen molar-refractivity contribution in [3.05, 3.63) is 0 Å². The Bertz CT molecular complexity index is 82.7. The molecule has 0 aliphatic carbocycles. The van der Waals surface area contributed by atoms with Crippen LogP contribution in [0, 0.1) is 5.92 Å². The van der Waals surface area contributed by atoms with Crippen LogP contribution in [0.25, 0.3) is 0 Å². The van der Waals surface area contributed by atoms with Gasteiger partial charge in [0.25, 0.3) is 0 Å². The fraction of sp³-hybridized carbons (Fsp3) is 1.00. The molecule has 0 unspecified atom stereocenters. The summed E-state index contributed by atoms with van der Waals surface area (Å²) in [5.74, 6) is 0.913. The van der Waals surface area contributed by atoms with E-state index in [0.717, 1.165) is 5.92 Å². The molecule has 1 heteroatoms. The molecule has 0 atom stereocenters. The summed E-state index contributed by atoms with van der Waals surface area (Å²) in [5, 5.41) is 0. The minimum Gasteiger partial charge on any atom is -0.0692 e. The predicted octanol–water partition coefficient (Wildman–Crippen LogP) is 3.76. The average Bonchev–Trinajstić information content (AvgIpc) is 1.87. The van der Waals surface area contributed by atoms with E-state index in [1.807, 2.05) is 0 Å². The van der Waals surface area contributed by atoms with Gasteiger partial charge in [-0.1, -0.05) is 52.4 Å². The Labute approximate surface area is 67.0 Å². The number of rotatable bonds is 4. The van der Waals surface area contributed by atoms with Gasteiger partial charge in [0, 0.05) is 0 Å². The van der Waals surface area contributed by atoms with E-state index in [1.165, 1.54) is 18.1 Å². The molecule has 0 spiro atoms. The summed E-state index contributed by atoms with van der Waals surface area (Å²) in [6.45, 7) is 11.9. The third kappa shape index (κ3) is 3.40. The Kier molecular flexibility index (Phi) is 4.26. The Balaban J connectivity index is 3.80. The first-order valence-corrected chi connectivity index (χ1v) is 7.66. The van der Waals surface area contributed by atoms with Crippen LogP contribution in [0.5, 0.6) is 0 Å². The van der Waals surface area contributed by atoms with Crippen LogP contribution in [0.15, 0.2) is 0 Å². The topological polar surface area (TPSA) is 0 Å². The summed E-state index contributed by atoms with van der Waals surface area (Å²) in [5.41, 5.74) is 0. The smallest absolute Gasteiger partial charge is 0.0501 e. The van der Waals surface area contributed by atoms with Gasteiger partial charge in [-0.25, -0.2) is 0 Å². The summed E-state index contributed by atoms with van der Waals surface area (Å²) < 4.78 is 0. The van der Waals surface area contributed by atoms with Gasteiger partial charge in [-0.15, -0.1) is 0 Å². The van der Waals surface area contributed by atoms with Crippen LogP contribution < -0.4 is 0 Å². The molecule has 0 nitrogen and oxygen atoms in total. The molecule has 0 radical (unpaired) electrons. The van der Waals surface area contributed by atoms with Crippen molar-refractivity contribution in [3.8, 4) is 0 Å². The lowest BCUT2D eigenvalue weighted by molar-refractivity contribution is 0.714. The summed E-state index contributed by atoms with van der Waals surface area (Å²) in [7, 11) is -0.760. The number of hydrogen-bond acceptors (Lipinski definition) is 0. The van der Waals surface area contributed by atoms with Gasteiger partial charge in [0.2, 0.25) is 0 Å². The van der Waals surface area contributed by atoms with Crippen molar-refractivity contribution in [1.82, 2.24) is 0 Å². The average molecular weight is 158 g/mol. The van der Waals surface area contributed by atoms with Crippen LogP contribution in [0.4, 0.5) is 0 Å². The highest BCUT2D eigenvalue weighted by Crippen LogP contribution is 2.24. The lowest BCUT2D eigenvalue weighted by atomic mass is 10.3. The molecule has 62 valence electrons. The van der Waals surface area contributed by atoms with Gasteiger partial charge >= 0.3 is 0 Å². The molecule has 0 bridgehead atoms. The molecule has 0 heterocycles. The quantitative estimate of drug-likeness (QED) is 0.546. The number of hydrogen-bond donors (Lipinski definition) is 0. The van der Waals surface area contributed by atoms with E-state index >= 15 is 0 Å². The molecule has 0 saturated heterocycles. The van der Waals surface area contributed by atoms with Crippen molar-refractivity contribution in [2.75, 3.05) is 0 Å². The molecule has 0 amide bonds. The van der Waals surface area contributed by atoms with Gasteiger partial charge < -0.3 is 0 Å². The van der Waals surface area contributed by atoms with E-state index in [2.05, 4.69) is 34.2 Å². The third-order valence-corrected chi connectivity index (χ3v) is 7.82. The molecule has 0 rings (SSSR count). The lowest BCUT2D eigenvalue weighted by Crippen LogP contribution is -2.29. The highest BCUT2D eigenvalue weighted by atomic mass is 28.3. The van der Waals surface area contributed by atoms with E-state index in [-0.39, 0.29) is 0 Å². The fourth-order valence-corrected chi connectivity index (χ4v) is 4.57. The zero-order valence-electron chi connectivity index (χ0n) is 8.20. The van der Waals surface area contributed by atoms with E-state index in [0.29, 0.717) is 0 Å². The van der Waals surface area contributed by atoms with Crippen LogP contribution in [0.2, 0.25) is 24.7 Å². The van der Waals surface area contributed by atoms with E-state index < -0.39 is 8.07 Å². The second kappa shape index (κ2) is 4.17.